The number of hydrogen-bond acceptors (Lipinski definition) is 3. The summed E-state index contributed by atoms with van der Waals surface area (Å²) in [6.07, 6.45) is 0. The van der Waals surface area contributed by atoms with Gasteiger partial charge in [-0.25, -0.2) is 0 Å². The highest BCUT2D eigenvalue weighted by Gasteiger charge is 2.24. The molecule has 0 radical (unpaired) electrons. The molecular weight excluding hydrogens is 334 g/mol. The van der Waals surface area contributed by atoms with Gasteiger partial charge in [0.1, 0.15) is 0 Å². The smallest absolute Gasteiger partial charge is 0.241 e. The number of para-hydroxylation sites is 1. The minimum absolute atomic E-state index is 0. The van der Waals surface area contributed by atoms with Crippen molar-refractivity contribution in [3.63, 3.8) is 0 Å². The number of carbonyl (C=O) groups is 1. The van der Waals surface area contributed by atoms with E-state index >= 15 is 0 Å². The number of rotatable bonds is 5. The first-order valence-corrected chi connectivity index (χ1v) is 8.58. The largest absolute Gasteiger partial charge is 0.314 e. The summed E-state index contributed by atoms with van der Waals surface area (Å²) in [6.45, 7) is 6.04. The molecule has 0 unspecified atom stereocenters. The Labute approximate surface area is 156 Å². The Morgan fingerprint density at radius 3 is 2.40 bits per heavy atom. The normalized spacial score (nSPS) is 17.6. The van der Waals surface area contributed by atoms with Gasteiger partial charge in [0.05, 0.1) is 13.1 Å². The zero-order chi connectivity index (χ0) is 16.8. The molecule has 0 bridgehead atoms. The second kappa shape index (κ2) is 9.56. The third-order valence-corrected chi connectivity index (χ3v) is 4.53. The summed E-state index contributed by atoms with van der Waals surface area (Å²) in [5, 5.41) is 3.37. The molecule has 1 fully saturated rings. The summed E-state index contributed by atoms with van der Waals surface area (Å²) in [5.41, 5.74) is 2.09. The van der Waals surface area contributed by atoms with E-state index < -0.39 is 0 Å². The standard InChI is InChI=1S/C20H25N3O.ClH/c1-17-14-21-12-13-22(17)16-20(24)23(19-10-6-3-7-11-19)15-18-8-4-2-5-9-18;/h2-11,17,21H,12-16H2,1H3;1H/t17-;/m1./s1. The molecule has 1 N–H and O–H groups in total. The number of amides is 1. The van der Waals surface area contributed by atoms with Gasteiger partial charge < -0.3 is 10.2 Å². The van der Waals surface area contributed by atoms with Gasteiger partial charge in [-0.1, -0.05) is 48.5 Å². The summed E-state index contributed by atoms with van der Waals surface area (Å²) in [4.78, 5) is 17.2. The molecule has 25 heavy (non-hydrogen) atoms. The lowest BCUT2D eigenvalue weighted by atomic mass is 10.1. The Morgan fingerprint density at radius 2 is 1.76 bits per heavy atom. The molecule has 1 aliphatic heterocycles. The quantitative estimate of drug-likeness (QED) is 0.891. The number of halogens is 1. The van der Waals surface area contributed by atoms with Crippen LogP contribution < -0.4 is 10.2 Å². The molecule has 0 saturated carbocycles. The molecule has 134 valence electrons. The van der Waals surface area contributed by atoms with Crippen LogP contribution in [0.1, 0.15) is 12.5 Å². The van der Waals surface area contributed by atoms with E-state index in [1.807, 2.05) is 53.4 Å². The number of nitrogens with zero attached hydrogens (tertiary/aromatic N) is 2. The minimum Gasteiger partial charge on any atom is -0.314 e. The molecule has 4 nitrogen and oxygen atoms in total. The van der Waals surface area contributed by atoms with Crippen LogP contribution in [0.2, 0.25) is 0 Å². The van der Waals surface area contributed by atoms with Gasteiger partial charge in [-0.2, -0.15) is 0 Å². The van der Waals surface area contributed by atoms with E-state index in [0.29, 0.717) is 19.1 Å². The fourth-order valence-electron chi connectivity index (χ4n) is 3.07. The van der Waals surface area contributed by atoms with E-state index in [0.717, 1.165) is 30.9 Å². The van der Waals surface area contributed by atoms with Crippen molar-refractivity contribution in [2.24, 2.45) is 0 Å². The van der Waals surface area contributed by atoms with Crippen molar-refractivity contribution in [3.8, 4) is 0 Å². The number of nitrogens with one attached hydrogen (secondary N) is 1. The predicted octanol–water partition coefficient (Wildman–Crippen LogP) is 2.94. The summed E-state index contributed by atoms with van der Waals surface area (Å²) in [7, 11) is 0. The monoisotopic (exact) mass is 359 g/mol. The Kier molecular flexibility index (Phi) is 7.44. The molecular formula is C20H26ClN3O. The summed E-state index contributed by atoms with van der Waals surface area (Å²) in [6, 6.07) is 20.5. The molecule has 1 atom stereocenters. The molecule has 1 aliphatic rings. The maximum atomic E-state index is 13.0. The predicted molar refractivity (Wildman–Crippen MR) is 105 cm³/mol. The lowest BCUT2D eigenvalue weighted by molar-refractivity contribution is -0.120. The van der Waals surface area contributed by atoms with Crippen molar-refractivity contribution < 1.29 is 4.79 Å². The first kappa shape index (κ1) is 19.4. The van der Waals surface area contributed by atoms with Crippen molar-refractivity contribution in [3.05, 3.63) is 66.2 Å². The van der Waals surface area contributed by atoms with E-state index in [1.54, 1.807) is 0 Å². The number of hydrogen-bond donors (Lipinski definition) is 1. The molecule has 1 amide bonds. The van der Waals surface area contributed by atoms with Gasteiger partial charge in [0.15, 0.2) is 0 Å². The molecule has 0 aromatic heterocycles. The molecule has 0 aliphatic carbocycles. The Bertz CT molecular complexity index is 651. The number of piperazine rings is 1. The van der Waals surface area contributed by atoms with E-state index in [-0.39, 0.29) is 18.3 Å². The maximum Gasteiger partial charge on any atom is 0.241 e. The van der Waals surface area contributed by atoms with Gasteiger partial charge in [0.2, 0.25) is 5.91 Å². The minimum atomic E-state index is 0. The van der Waals surface area contributed by atoms with E-state index in [2.05, 4.69) is 29.3 Å². The van der Waals surface area contributed by atoms with Crippen LogP contribution in [0.3, 0.4) is 0 Å². The average Bonchev–Trinajstić information content (AvgIpc) is 2.63. The van der Waals surface area contributed by atoms with Crippen molar-refractivity contribution >= 4 is 24.0 Å². The Hall–Kier alpha value is -1.88. The molecule has 3 rings (SSSR count). The highest BCUT2D eigenvalue weighted by Crippen LogP contribution is 2.18. The number of benzene rings is 2. The molecule has 2 aromatic rings. The summed E-state index contributed by atoms with van der Waals surface area (Å²) in [5.74, 6) is 0.152. The highest BCUT2D eigenvalue weighted by molar-refractivity contribution is 5.94. The fourth-order valence-corrected chi connectivity index (χ4v) is 3.07. The van der Waals surface area contributed by atoms with E-state index in [1.165, 1.54) is 0 Å². The third kappa shape index (κ3) is 5.30. The van der Waals surface area contributed by atoms with Gasteiger partial charge >= 0.3 is 0 Å². The lowest BCUT2D eigenvalue weighted by Crippen LogP contribution is -2.53. The van der Waals surface area contributed by atoms with Crippen molar-refractivity contribution in [2.75, 3.05) is 31.1 Å². The van der Waals surface area contributed by atoms with Crippen LogP contribution in [0.15, 0.2) is 60.7 Å². The molecule has 1 heterocycles. The first-order chi connectivity index (χ1) is 11.7. The number of carbonyl (C=O) groups excluding carboxylic acids is 1. The molecule has 1 saturated heterocycles. The van der Waals surface area contributed by atoms with Gasteiger partial charge in [0.25, 0.3) is 0 Å². The van der Waals surface area contributed by atoms with Crippen LogP contribution in [0.5, 0.6) is 0 Å². The van der Waals surface area contributed by atoms with Gasteiger partial charge in [-0.05, 0) is 24.6 Å². The maximum absolute atomic E-state index is 13.0. The van der Waals surface area contributed by atoms with Crippen LogP contribution in [-0.4, -0.2) is 43.0 Å². The SMILES string of the molecule is C[C@@H]1CNCCN1CC(=O)N(Cc1ccccc1)c1ccccc1.Cl. The summed E-state index contributed by atoms with van der Waals surface area (Å²) >= 11 is 0. The molecule has 5 heteroatoms. The van der Waals surface area contributed by atoms with Crippen molar-refractivity contribution in [2.45, 2.75) is 19.5 Å². The zero-order valence-corrected chi connectivity index (χ0v) is 15.4. The zero-order valence-electron chi connectivity index (χ0n) is 14.6. The van der Waals surface area contributed by atoms with Crippen LogP contribution in [0.25, 0.3) is 0 Å². The summed E-state index contributed by atoms with van der Waals surface area (Å²) < 4.78 is 0. The fraction of sp³-hybridized carbons (Fsp3) is 0.350. The van der Waals surface area contributed by atoms with Gasteiger partial charge in [-0.15, -0.1) is 12.4 Å². The second-order valence-corrected chi connectivity index (χ2v) is 6.32. The Morgan fingerprint density at radius 1 is 1.12 bits per heavy atom. The van der Waals surface area contributed by atoms with Crippen molar-refractivity contribution in [1.29, 1.82) is 0 Å². The molecule has 0 spiro atoms. The van der Waals surface area contributed by atoms with Gasteiger partial charge in [0, 0.05) is 31.4 Å². The molecule has 2 aromatic carbocycles. The van der Waals surface area contributed by atoms with Gasteiger partial charge in [-0.3, -0.25) is 9.69 Å². The highest BCUT2D eigenvalue weighted by atomic mass is 35.5. The first-order valence-electron chi connectivity index (χ1n) is 8.58. The second-order valence-electron chi connectivity index (χ2n) is 6.32. The van der Waals surface area contributed by atoms with Crippen LogP contribution in [0, 0.1) is 0 Å². The van der Waals surface area contributed by atoms with E-state index in [4.69, 9.17) is 0 Å². The van der Waals surface area contributed by atoms with Crippen LogP contribution in [-0.2, 0) is 11.3 Å². The van der Waals surface area contributed by atoms with Crippen molar-refractivity contribution in [1.82, 2.24) is 10.2 Å². The topological polar surface area (TPSA) is 35.6 Å². The lowest BCUT2D eigenvalue weighted by Gasteiger charge is -2.35. The van der Waals surface area contributed by atoms with Crippen LogP contribution >= 0.6 is 12.4 Å². The third-order valence-electron chi connectivity index (χ3n) is 4.53. The number of anilines is 1. The van der Waals surface area contributed by atoms with E-state index in [9.17, 15) is 4.79 Å². The Balaban J connectivity index is 0.00000225. The van der Waals surface area contributed by atoms with Crippen LogP contribution in [0.4, 0.5) is 5.69 Å². The average molecular weight is 360 g/mol.